The number of hydrogen-bond donors (Lipinski definition) is 2. The fourth-order valence-electron chi connectivity index (χ4n) is 1.32. The van der Waals surface area contributed by atoms with Gasteiger partial charge in [0.25, 0.3) is 0 Å². The monoisotopic (exact) mass is 250 g/mol. The number of carboxylic acids is 1. The predicted molar refractivity (Wildman–Crippen MR) is 63.1 cm³/mol. The lowest BCUT2D eigenvalue weighted by atomic mass is 10.3. The summed E-state index contributed by atoms with van der Waals surface area (Å²) in [5.41, 5.74) is -0.0871. The van der Waals surface area contributed by atoms with E-state index in [1.807, 2.05) is 12.3 Å². The van der Waals surface area contributed by atoms with Crippen molar-refractivity contribution in [2.45, 2.75) is 13.0 Å². The van der Waals surface area contributed by atoms with Crippen molar-refractivity contribution < 1.29 is 9.90 Å². The van der Waals surface area contributed by atoms with E-state index in [4.69, 9.17) is 5.11 Å². The molecule has 0 amide bonds. The number of rotatable bonds is 4. The summed E-state index contributed by atoms with van der Waals surface area (Å²) in [6.45, 7) is 1.89. The third kappa shape index (κ3) is 2.56. The summed E-state index contributed by atoms with van der Waals surface area (Å²) in [5.74, 6) is -0.852. The van der Waals surface area contributed by atoms with Crippen molar-refractivity contribution in [3.63, 3.8) is 0 Å². The van der Waals surface area contributed by atoms with Gasteiger partial charge in [-0.2, -0.15) is 0 Å². The van der Waals surface area contributed by atoms with E-state index in [1.54, 1.807) is 6.20 Å². The highest BCUT2D eigenvalue weighted by atomic mass is 32.1. The molecule has 2 N–H and O–H groups in total. The summed E-state index contributed by atoms with van der Waals surface area (Å²) in [6.07, 6.45) is 4.50. The van der Waals surface area contributed by atoms with Gasteiger partial charge in [0.1, 0.15) is 5.01 Å². The van der Waals surface area contributed by atoms with Gasteiger partial charge >= 0.3 is 5.97 Å². The zero-order valence-electron chi connectivity index (χ0n) is 8.99. The predicted octanol–water partition coefficient (Wildman–Crippen LogP) is 1.80. The Balaban J connectivity index is 2.21. The first-order valence-electron chi connectivity index (χ1n) is 4.88. The van der Waals surface area contributed by atoms with Crippen LogP contribution in [0.25, 0.3) is 0 Å². The smallest absolute Gasteiger partial charge is 0.358 e. The molecule has 88 valence electrons. The average molecular weight is 250 g/mol. The van der Waals surface area contributed by atoms with Gasteiger partial charge in [0, 0.05) is 24.0 Å². The van der Waals surface area contributed by atoms with E-state index in [0.717, 1.165) is 5.01 Å². The van der Waals surface area contributed by atoms with Gasteiger partial charge in [-0.05, 0) is 6.92 Å². The van der Waals surface area contributed by atoms with Crippen LogP contribution in [-0.4, -0.2) is 26.0 Å². The molecule has 1 atom stereocenters. The number of carboxylic acid groups (broad SMARTS) is 1. The third-order valence-corrected chi connectivity index (χ3v) is 3.03. The average Bonchev–Trinajstić information content (AvgIpc) is 2.83. The van der Waals surface area contributed by atoms with Crippen LogP contribution in [0, 0.1) is 0 Å². The third-order valence-electron chi connectivity index (χ3n) is 2.08. The molecule has 0 saturated carbocycles. The zero-order chi connectivity index (χ0) is 12.3. The summed E-state index contributed by atoms with van der Waals surface area (Å²) in [6, 6.07) is -0.107. The molecule has 0 spiro atoms. The molecule has 2 aromatic heterocycles. The maximum atomic E-state index is 10.9. The molecular weight excluding hydrogens is 240 g/mol. The van der Waals surface area contributed by atoms with Gasteiger partial charge in [0.05, 0.1) is 6.04 Å². The van der Waals surface area contributed by atoms with Crippen LogP contribution in [-0.2, 0) is 0 Å². The first-order chi connectivity index (χ1) is 8.18. The number of aromatic carboxylic acids is 1. The molecule has 0 aliphatic rings. The normalized spacial score (nSPS) is 12.1. The van der Waals surface area contributed by atoms with Crippen molar-refractivity contribution in [3.05, 3.63) is 34.7 Å². The first kappa shape index (κ1) is 11.5. The Morgan fingerprint density at radius 3 is 2.76 bits per heavy atom. The van der Waals surface area contributed by atoms with Gasteiger partial charge in [-0.3, -0.25) is 0 Å². The molecule has 7 heteroatoms. The molecule has 0 aliphatic heterocycles. The summed E-state index contributed by atoms with van der Waals surface area (Å²) < 4.78 is 0. The van der Waals surface area contributed by atoms with Crippen LogP contribution < -0.4 is 5.32 Å². The second kappa shape index (κ2) is 4.88. The van der Waals surface area contributed by atoms with E-state index in [2.05, 4.69) is 20.3 Å². The summed E-state index contributed by atoms with van der Waals surface area (Å²) >= 11 is 1.50. The fourth-order valence-corrected chi connectivity index (χ4v) is 1.96. The van der Waals surface area contributed by atoms with Gasteiger partial charge in [0.15, 0.2) is 11.5 Å². The van der Waals surface area contributed by atoms with Gasteiger partial charge in [-0.15, -0.1) is 11.3 Å². The molecule has 6 nitrogen and oxygen atoms in total. The summed E-state index contributed by atoms with van der Waals surface area (Å²) in [4.78, 5) is 22.8. The molecule has 0 radical (unpaired) electrons. The maximum absolute atomic E-state index is 10.9. The Morgan fingerprint density at radius 2 is 2.12 bits per heavy atom. The van der Waals surface area contributed by atoms with E-state index >= 15 is 0 Å². The molecule has 2 heterocycles. The highest BCUT2D eigenvalue weighted by molar-refractivity contribution is 7.09. The van der Waals surface area contributed by atoms with E-state index in [0.29, 0.717) is 0 Å². The number of carbonyl (C=O) groups is 1. The highest BCUT2D eigenvalue weighted by Gasteiger charge is 2.16. The molecule has 0 aliphatic carbocycles. The Labute approximate surface area is 101 Å². The van der Waals surface area contributed by atoms with Crippen molar-refractivity contribution in [2.75, 3.05) is 5.32 Å². The second-order valence-corrected chi connectivity index (χ2v) is 4.22. The minimum atomic E-state index is -1.10. The molecule has 1 unspecified atom stereocenters. The topological polar surface area (TPSA) is 88.0 Å². The molecule has 0 fully saturated rings. The number of nitrogens with one attached hydrogen (secondary N) is 1. The molecule has 0 aromatic carbocycles. The Hall–Kier alpha value is -2.02. The quantitative estimate of drug-likeness (QED) is 0.860. The van der Waals surface area contributed by atoms with Crippen LogP contribution in [0.15, 0.2) is 24.0 Å². The summed E-state index contributed by atoms with van der Waals surface area (Å²) in [5, 5.41) is 14.7. The number of hydrogen-bond acceptors (Lipinski definition) is 6. The minimum absolute atomic E-state index is 0.0871. The molecule has 2 rings (SSSR count). The Morgan fingerprint density at radius 1 is 1.35 bits per heavy atom. The zero-order valence-corrected chi connectivity index (χ0v) is 9.81. The van der Waals surface area contributed by atoms with Crippen molar-refractivity contribution in [3.8, 4) is 0 Å². The van der Waals surface area contributed by atoms with Crippen LogP contribution in [0.2, 0.25) is 0 Å². The standard InChI is InChI=1S/C10H10N4O2S/c1-6(9-13-4-5-17-9)14-8-7(10(15)16)11-2-3-12-8/h2-6H,1H3,(H,12,14)(H,15,16). The lowest BCUT2D eigenvalue weighted by Crippen LogP contribution is -2.13. The summed E-state index contributed by atoms with van der Waals surface area (Å²) in [7, 11) is 0. The minimum Gasteiger partial charge on any atom is -0.476 e. The number of nitrogens with zero attached hydrogens (tertiary/aromatic N) is 3. The SMILES string of the molecule is CC(Nc1nccnc1C(=O)O)c1nccs1. The van der Waals surface area contributed by atoms with Crippen molar-refractivity contribution >= 4 is 23.1 Å². The number of thiazole rings is 1. The maximum Gasteiger partial charge on any atom is 0.358 e. The van der Waals surface area contributed by atoms with Gasteiger partial charge in [0.2, 0.25) is 0 Å². The lowest BCUT2D eigenvalue weighted by molar-refractivity contribution is 0.0691. The molecule has 17 heavy (non-hydrogen) atoms. The van der Waals surface area contributed by atoms with Crippen molar-refractivity contribution in [2.24, 2.45) is 0 Å². The van der Waals surface area contributed by atoms with Crippen LogP contribution >= 0.6 is 11.3 Å². The molecule has 2 aromatic rings. The lowest BCUT2D eigenvalue weighted by Gasteiger charge is -2.12. The van der Waals surface area contributed by atoms with Gasteiger partial charge < -0.3 is 10.4 Å². The van der Waals surface area contributed by atoms with E-state index in [-0.39, 0.29) is 17.6 Å². The second-order valence-electron chi connectivity index (χ2n) is 3.30. The molecular formula is C10H10N4O2S. The van der Waals surface area contributed by atoms with E-state index in [1.165, 1.54) is 23.7 Å². The van der Waals surface area contributed by atoms with Crippen LogP contribution in [0.1, 0.15) is 28.5 Å². The first-order valence-corrected chi connectivity index (χ1v) is 5.76. The fraction of sp³-hybridized carbons (Fsp3) is 0.200. The van der Waals surface area contributed by atoms with Crippen LogP contribution in [0.5, 0.6) is 0 Å². The Kier molecular flexibility index (Phi) is 3.29. The van der Waals surface area contributed by atoms with Crippen LogP contribution in [0.4, 0.5) is 5.82 Å². The largest absolute Gasteiger partial charge is 0.476 e. The van der Waals surface area contributed by atoms with Crippen molar-refractivity contribution in [1.29, 1.82) is 0 Å². The van der Waals surface area contributed by atoms with Crippen LogP contribution in [0.3, 0.4) is 0 Å². The number of aromatic nitrogens is 3. The van der Waals surface area contributed by atoms with Gasteiger partial charge in [-0.25, -0.2) is 19.7 Å². The van der Waals surface area contributed by atoms with E-state index < -0.39 is 5.97 Å². The van der Waals surface area contributed by atoms with Gasteiger partial charge in [-0.1, -0.05) is 0 Å². The van der Waals surface area contributed by atoms with E-state index in [9.17, 15) is 4.79 Å². The highest BCUT2D eigenvalue weighted by Crippen LogP contribution is 2.20. The molecule has 0 saturated heterocycles. The van der Waals surface area contributed by atoms with Crippen molar-refractivity contribution in [1.82, 2.24) is 15.0 Å². The Bertz CT molecular complexity index is 515. The molecule has 0 bridgehead atoms. The number of anilines is 1.